The van der Waals surface area contributed by atoms with Gasteiger partial charge < -0.3 is 9.63 Å². The molecule has 5 nitrogen and oxygen atoms in total. The third kappa shape index (κ3) is 3.48. The van der Waals surface area contributed by atoms with Crippen LogP contribution in [0.1, 0.15) is 10.4 Å². The number of hydrogen-bond acceptors (Lipinski definition) is 4. The van der Waals surface area contributed by atoms with Crippen molar-refractivity contribution in [1.82, 2.24) is 10.4 Å². The number of carboxylic acids is 1. The number of carbonyl (C=O) groups is 1. The van der Waals surface area contributed by atoms with Crippen molar-refractivity contribution >= 4 is 5.97 Å². The smallest absolute Gasteiger partial charge is 0.335 e. The van der Waals surface area contributed by atoms with Gasteiger partial charge in [-0.25, -0.2) is 4.79 Å². The molecular formula is C9H8N2O3. The Morgan fingerprint density at radius 2 is 2.00 bits per heavy atom. The zero-order valence-electron chi connectivity index (χ0n) is 7.20. The highest BCUT2D eigenvalue weighted by atomic mass is 16.5. The van der Waals surface area contributed by atoms with Crippen LogP contribution < -0.4 is 0 Å². The van der Waals surface area contributed by atoms with Crippen LogP contribution in [0.4, 0.5) is 0 Å². The molecule has 0 bridgehead atoms. The largest absolute Gasteiger partial charge is 0.478 e. The maximum absolute atomic E-state index is 10.2. The van der Waals surface area contributed by atoms with Crippen molar-refractivity contribution in [3.63, 3.8) is 0 Å². The Hall–Kier alpha value is -2.17. The van der Waals surface area contributed by atoms with Crippen LogP contribution in [-0.2, 0) is 0 Å². The molecule has 5 heteroatoms. The zero-order chi connectivity index (χ0) is 10.2. The van der Waals surface area contributed by atoms with Gasteiger partial charge in [-0.2, -0.15) is 0 Å². The molecule has 1 aromatic heterocycles. The van der Waals surface area contributed by atoms with E-state index in [1.165, 1.54) is 12.5 Å². The van der Waals surface area contributed by atoms with Crippen molar-refractivity contribution in [3.05, 3.63) is 48.4 Å². The standard InChI is InChI=1S/C7H6O2.C2H2N2O/c8-7(9)6-4-2-1-3-5-6;1-2-5-4-3-1/h1-5H,(H,8,9);1-2H. The van der Waals surface area contributed by atoms with Crippen molar-refractivity contribution in [2.24, 2.45) is 0 Å². The summed E-state index contributed by atoms with van der Waals surface area (Å²) in [6.07, 6.45) is 2.88. The van der Waals surface area contributed by atoms with Gasteiger partial charge >= 0.3 is 5.97 Å². The molecule has 0 saturated heterocycles. The average Bonchev–Trinajstić information content (AvgIpc) is 2.77. The van der Waals surface area contributed by atoms with Crippen LogP contribution in [0.2, 0.25) is 0 Å². The van der Waals surface area contributed by atoms with Crippen molar-refractivity contribution in [2.45, 2.75) is 0 Å². The van der Waals surface area contributed by atoms with Crippen molar-refractivity contribution in [2.75, 3.05) is 0 Å². The summed E-state index contributed by atoms with van der Waals surface area (Å²) in [4.78, 5) is 10.2. The van der Waals surface area contributed by atoms with E-state index in [-0.39, 0.29) is 0 Å². The monoisotopic (exact) mass is 192 g/mol. The Morgan fingerprint density at radius 1 is 1.29 bits per heavy atom. The Labute approximate surface area is 80.0 Å². The van der Waals surface area contributed by atoms with Gasteiger partial charge in [0, 0.05) is 5.27 Å². The first-order valence-corrected chi connectivity index (χ1v) is 3.80. The van der Waals surface area contributed by atoms with E-state index in [2.05, 4.69) is 14.9 Å². The molecule has 0 atom stereocenters. The molecule has 0 spiro atoms. The summed E-state index contributed by atoms with van der Waals surface area (Å²) in [5, 5.41) is 14.8. The predicted octanol–water partition coefficient (Wildman–Crippen LogP) is 1.45. The SMILES string of the molecule is O=C(O)c1ccccc1.c1conn1. The molecule has 1 aromatic carbocycles. The van der Waals surface area contributed by atoms with Gasteiger partial charge in [0.1, 0.15) is 6.26 Å². The lowest BCUT2D eigenvalue weighted by Crippen LogP contribution is -1.93. The van der Waals surface area contributed by atoms with Crippen molar-refractivity contribution in [3.8, 4) is 0 Å². The minimum Gasteiger partial charge on any atom is -0.478 e. The van der Waals surface area contributed by atoms with E-state index in [1.54, 1.807) is 30.3 Å². The number of benzene rings is 1. The molecule has 1 N–H and O–H groups in total. The first kappa shape index (κ1) is 9.91. The van der Waals surface area contributed by atoms with Gasteiger partial charge in [-0.1, -0.05) is 18.2 Å². The Bertz CT molecular complexity index is 342. The molecule has 2 aromatic rings. The van der Waals surface area contributed by atoms with E-state index in [4.69, 9.17) is 5.11 Å². The molecular weight excluding hydrogens is 184 g/mol. The molecule has 0 saturated carbocycles. The zero-order valence-corrected chi connectivity index (χ0v) is 7.20. The maximum Gasteiger partial charge on any atom is 0.335 e. The highest BCUT2D eigenvalue weighted by molar-refractivity contribution is 5.87. The topological polar surface area (TPSA) is 76.2 Å². The number of nitrogens with zero attached hydrogens (tertiary/aromatic N) is 2. The van der Waals surface area contributed by atoms with Crippen molar-refractivity contribution < 1.29 is 14.4 Å². The summed E-state index contributed by atoms with van der Waals surface area (Å²) >= 11 is 0. The lowest BCUT2D eigenvalue weighted by atomic mass is 10.2. The maximum atomic E-state index is 10.2. The minimum atomic E-state index is -0.879. The van der Waals surface area contributed by atoms with Crippen LogP contribution in [0.15, 0.2) is 47.3 Å². The molecule has 0 aliphatic heterocycles. The number of aromatic carboxylic acids is 1. The second-order valence-electron chi connectivity index (χ2n) is 2.26. The van der Waals surface area contributed by atoms with Gasteiger partial charge in [-0.05, 0) is 12.1 Å². The van der Waals surface area contributed by atoms with Crippen LogP contribution in [0.5, 0.6) is 0 Å². The molecule has 0 aliphatic carbocycles. The lowest BCUT2D eigenvalue weighted by Gasteiger charge is -1.88. The normalized spacial score (nSPS) is 8.57. The molecule has 0 amide bonds. The summed E-state index contributed by atoms with van der Waals surface area (Å²) in [7, 11) is 0. The first-order valence-electron chi connectivity index (χ1n) is 3.80. The fourth-order valence-corrected chi connectivity index (χ4v) is 0.717. The van der Waals surface area contributed by atoms with E-state index in [0.29, 0.717) is 5.56 Å². The van der Waals surface area contributed by atoms with Gasteiger partial charge in [0.2, 0.25) is 0 Å². The first-order chi connectivity index (χ1) is 6.80. The highest BCUT2D eigenvalue weighted by Crippen LogP contribution is 1.96. The second kappa shape index (κ2) is 5.47. The minimum absolute atomic E-state index is 0.331. The lowest BCUT2D eigenvalue weighted by molar-refractivity contribution is 0.0697. The molecule has 0 aliphatic rings. The van der Waals surface area contributed by atoms with E-state index in [9.17, 15) is 4.79 Å². The summed E-state index contributed by atoms with van der Waals surface area (Å²) < 4.78 is 4.22. The Balaban J connectivity index is 0.000000165. The van der Waals surface area contributed by atoms with Crippen LogP contribution in [0, 0.1) is 0 Å². The van der Waals surface area contributed by atoms with Crippen LogP contribution in [-0.4, -0.2) is 21.4 Å². The van der Waals surface area contributed by atoms with E-state index in [1.807, 2.05) is 0 Å². The van der Waals surface area contributed by atoms with Gasteiger partial charge in [0.25, 0.3) is 0 Å². The van der Waals surface area contributed by atoms with Crippen molar-refractivity contribution in [1.29, 1.82) is 0 Å². The van der Waals surface area contributed by atoms with Crippen LogP contribution in [0.25, 0.3) is 0 Å². The molecule has 2 rings (SSSR count). The van der Waals surface area contributed by atoms with Gasteiger partial charge in [-0.15, -0.1) is 5.10 Å². The van der Waals surface area contributed by atoms with E-state index >= 15 is 0 Å². The molecule has 0 unspecified atom stereocenters. The number of carboxylic acid groups (broad SMARTS) is 1. The fourth-order valence-electron chi connectivity index (χ4n) is 0.717. The fraction of sp³-hybridized carbons (Fsp3) is 0. The second-order valence-corrected chi connectivity index (χ2v) is 2.26. The average molecular weight is 192 g/mol. The third-order valence-corrected chi connectivity index (χ3v) is 1.30. The summed E-state index contributed by atoms with van der Waals surface area (Å²) in [6, 6.07) is 8.30. The summed E-state index contributed by atoms with van der Waals surface area (Å²) in [6.45, 7) is 0. The van der Waals surface area contributed by atoms with E-state index in [0.717, 1.165) is 0 Å². The van der Waals surface area contributed by atoms with Gasteiger partial charge in [0.05, 0.1) is 11.8 Å². The molecule has 14 heavy (non-hydrogen) atoms. The molecule has 72 valence electrons. The third-order valence-electron chi connectivity index (χ3n) is 1.30. The predicted molar refractivity (Wildman–Crippen MR) is 47.7 cm³/mol. The number of aromatic nitrogens is 2. The quantitative estimate of drug-likeness (QED) is 0.740. The van der Waals surface area contributed by atoms with Crippen LogP contribution in [0.3, 0.4) is 0 Å². The Morgan fingerprint density at radius 3 is 2.29 bits per heavy atom. The summed E-state index contributed by atoms with van der Waals surface area (Å²) in [5.41, 5.74) is 0.331. The number of hydrogen-bond donors (Lipinski definition) is 1. The van der Waals surface area contributed by atoms with Gasteiger partial charge in [-0.3, -0.25) is 0 Å². The molecule has 0 fully saturated rings. The van der Waals surface area contributed by atoms with Gasteiger partial charge in [0.15, 0.2) is 0 Å². The van der Waals surface area contributed by atoms with Crippen LogP contribution >= 0.6 is 0 Å². The summed E-state index contributed by atoms with van der Waals surface area (Å²) in [5.74, 6) is -0.879. The number of rotatable bonds is 1. The molecule has 1 heterocycles. The molecule has 0 radical (unpaired) electrons. The van der Waals surface area contributed by atoms with E-state index < -0.39 is 5.97 Å². The highest BCUT2D eigenvalue weighted by Gasteiger charge is 1.96. The Kier molecular flexibility index (Phi) is 3.87.